The zero-order valence-electron chi connectivity index (χ0n) is 18.9. The Morgan fingerprint density at radius 1 is 1.24 bits per heavy atom. The van der Waals surface area contributed by atoms with Crippen LogP contribution in [-0.2, 0) is 4.74 Å². The number of rotatable bonds is 6. The average molecular weight is 461 g/mol. The number of hydrogen-bond donors (Lipinski definition) is 2. The van der Waals surface area contributed by atoms with E-state index in [0.717, 1.165) is 57.1 Å². The zero-order valence-corrected chi connectivity index (χ0v) is 19.7. The van der Waals surface area contributed by atoms with Crippen molar-refractivity contribution < 1.29 is 9.53 Å². The fraction of sp³-hybridized carbons (Fsp3) is 0.385. The third-order valence-corrected chi connectivity index (χ3v) is 8.10. The number of fused-ring (bicyclic) bond motifs is 2. The van der Waals surface area contributed by atoms with Crippen LogP contribution in [0.1, 0.15) is 41.0 Å². The Hall–Kier alpha value is -2.90. The van der Waals surface area contributed by atoms with Crippen LogP contribution >= 0.6 is 11.3 Å². The number of benzene rings is 1. The van der Waals surface area contributed by atoms with Gasteiger partial charge in [0, 0.05) is 42.1 Å². The number of pyridine rings is 1. The predicted octanol–water partition coefficient (Wildman–Crippen LogP) is 5.86. The van der Waals surface area contributed by atoms with Gasteiger partial charge < -0.3 is 19.9 Å². The van der Waals surface area contributed by atoms with Crippen molar-refractivity contribution in [2.45, 2.75) is 44.8 Å². The van der Waals surface area contributed by atoms with Gasteiger partial charge in [0.25, 0.3) is 5.91 Å². The van der Waals surface area contributed by atoms with Gasteiger partial charge in [-0.25, -0.2) is 0 Å². The summed E-state index contributed by atoms with van der Waals surface area (Å²) in [5, 5.41) is 4.72. The van der Waals surface area contributed by atoms with Crippen molar-refractivity contribution >= 4 is 49.7 Å². The van der Waals surface area contributed by atoms with Gasteiger partial charge in [-0.2, -0.15) is 0 Å². The van der Waals surface area contributed by atoms with Gasteiger partial charge in [-0.3, -0.25) is 9.78 Å². The number of nitrogens with zero attached hydrogens (tertiary/aromatic N) is 2. The molecule has 4 heterocycles. The Kier molecular flexibility index (Phi) is 5.11. The fourth-order valence-corrected chi connectivity index (χ4v) is 6.31. The van der Waals surface area contributed by atoms with Crippen LogP contribution in [0.3, 0.4) is 0 Å². The highest BCUT2D eigenvalue weighted by Crippen LogP contribution is 2.40. The molecule has 1 aromatic carbocycles. The molecule has 0 radical (unpaired) electrons. The Bertz CT molecular complexity index is 1340. The number of aromatic nitrogens is 2. The van der Waals surface area contributed by atoms with E-state index >= 15 is 0 Å². The third kappa shape index (κ3) is 3.79. The summed E-state index contributed by atoms with van der Waals surface area (Å²) >= 11 is 1.53. The Morgan fingerprint density at radius 3 is 2.94 bits per heavy atom. The van der Waals surface area contributed by atoms with Gasteiger partial charge in [-0.05, 0) is 74.9 Å². The lowest BCUT2D eigenvalue weighted by Crippen LogP contribution is -2.44. The lowest BCUT2D eigenvalue weighted by atomic mass is 10.0. The number of hydrogen-bond acceptors (Lipinski definition) is 5. The first-order valence-electron chi connectivity index (χ1n) is 11.7. The molecule has 2 aliphatic rings. The summed E-state index contributed by atoms with van der Waals surface area (Å²) in [6.45, 7) is 2.87. The first-order chi connectivity index (χ1) is 16.1. The minimum absolute atomic E-state index is 0.110. The van der Waals surface area contributed by atoms with Gasteiger partial charge in [0.15, 0.2) is 0 Å². The standard InChI is InChI=1S/C26H28N4O2S/c1-15-12-17-13-18(7-8-19(17)28-15)29-20-9-10-27-21-14-23(33-25(20)21)26(31)30-11-3-4-22(30)24(32-2)16-5-6-16/h7-10,12-14,16,22,24,28H,3-6,11H2,1-2H3,(H,27,29)/t22-,24?/m1/s1. The quantitative estimate of drug-likeness (QED) is 0.378. The van der Waals surface area contributed by atoms with Gasteiger partial charge in [-0.15, -0.1) is 11.3 Å². The number of nitrogens with one attached hydrogen (secondary N) is 2. The van der Waals surface area contributed by atoms with E-state index in [9.17, 15) is 4.79 Å². The number of methoxy groups -OCH3 is 1. The molecule has 1 unspecified atom stereocenters. The van der Waals surface area contributed by atoms with Gasteiger partial charge in [0.05, 0.1) is 32.9 Å². The van der Waals surface area contributed by atoms with E-state index in [1.165, 1.54) is 29.6 Å². The number of aryl methyl sites for hydroxylation is 1. The van der Waals surface area contributed by atoms with Gasteiger partial charge in [-0.1, -0.05) is 0 Å². The van der Waals surface area contributed by atoms with Crippen molar-refractivity contribution in [1.82, 2.24) is 14.9 Å². The number of aromatic amines is 1. The molecule has 6 rings (SSSR count). The molecule has 0 spiro atoms. The van der Waals surface area contributed by atoms with Crippen LogP contribution in [0, 0.1) is 12.8 Å². The summed E-state index contributed by atoms with van der Waals surface area (Å²) in [6.07, 6.45) is 6.46. The second-order valence-corrected chi connectivity index (χ2v) is 10.4. The lowest BCUT2D eigenvalue weighted by molar-refractivity contribution is 0.0161. The Labute approximate surface area is 197 Å². The van der Waals surface area contributed by atoms with E-state index < -0.39 is 0 Å². The predicted molar refractivity (Wildman–Crippen MR) is 134 cm³/mol. The van der Waals surface area contributed by atoms with Crippen molar-refractivity contribution in [3.63, 3.8) is 0 Å². The molecule has 3 aromatic heterocycles. The van der Waals surface area contributed by atoms with Crippen molar-refractivity contribution in [2.75, 3.05) is 19.0 Å². The SMILES string of the molecule is COC(C1CC1)[C@H]1CCCN1C(=O)c1cc2nccc(Nc3ccc4[nH]c(C)cc4c3)c2s1. The Morgan fingerprint density at radius 2 is 2.12 bits per heavy atom. The lowest BCUT2D eigenvalue weighted by Gasteiger charge is -2.30. The van der Waals surface area contributed by atoms with Crippen LogP contribution in [0.4, 0.5) is 11.4 Å². The number of carbonyl (C=O) groups excluding carboxylic acids is 1. The van der Waals surface area contributed by atoms with Crippen LogP contribution in [-0.4, -0.2) is 46.6 Å². The molecule has 2 N–H and O–H groups in total. The summed E-state index contributed by atoms with van der Waals surface area (Å²) in [6, 6.07) is 12.6. The highest BCUT2D eigenvalue weighted by molar-refractivity contribution is 7.21. The van der Waals surface area contributed by atoms with Crippen LogP contribution in [0.15, 0.2) is 42.6 Å². The number of thiophene rings is 1. The maximum absolute atomic E-state index is 13.5. The molecule has 33 heavy (non-hydrogen) atoms. The van der Waals surface area contributed by atoms with Gasteiger partial charge in [0.2, 0.25) is 0 Å². The maximum atomic E-state index is 13.5. The van der Waals surface area contributed by atoms with E-state index in [0.29, 0.717) is 5.92 Å². The molecule has 1 saturated heterocycles. The number of carbonyl (C=O) groups is 1. The van der Waals surface area contributed by atoms with E-state index in [-0.39, 0.29) is 18.1 Å². The fourth-order valence-electron chi connectivity index (χ4n) is 5.27. The molecule has 2 fully saturated rings. The second-order valence-electron chi connectivity index (χ2n) is 9.31. The van der Waals surface area contributed by atoms with E-state index in [1.54, 1.807) is 13.3 Å². The highest BCUT2D eigenvalue weighted by atomic mass is 32.1. The van der Waals surface area contributed by atoms with Crippen molar-refractivity contribution in [1.29, 1.82) is 0 Å². The van der Waals surface area contributed by atoms with Crippen LogP contribution in [0.2, 0.25) is 0 Å². The molecular weight excluding hydrogens is 432 g/mol. The van der Waals surface area contributed by atoms with E-state index in [1.807, 2.05) is 17.0 Å². The smallest absolute Gasteiger partial charge is 0.264 e. The summed E-state index contributed by atoms with van der Waals surface area (Å²) in [4.78, 5) is 24.2. The third-order valence-electron chi connectivity index (χ3n) is 6.96. The summed E-state index contributed by atoms with van der Waals surface area (Å²) in [7, 11) is 1.79. The first kappa shape index (κ1) is 20.7. The van der Waals surface area contributed by atoms with Gasteiger partial charge in [0.1, 0.15) is 0 Å². The molecule has 1 aliphatic carbocycles. The summed E-state index contributed by atoms with van der Waals surface area (Å²) in [5.74, 6) is 0.716. The van der Waals surface area contributed by atoms with Crippen molar-refractivity contribution in [3.8, 4) is 0 Å². The highest BCUT2D eigenvalue weighted by Gasteiger charge is 2.43. The number of likely N-dealkylation sites (tertiary alicyclic amines) is 1. The summed E-state index contributed by atoms with van der Waals surface area (Å²) < 4.78 is 6.84. The van der Waals surface area contributed by atoms with Crippen LogP contribution in [0.25, 0.3) is 21.1 Å². The van der Waals surface area contributed by atoms with Gasteiger partial charge >= 0.3 is 0 Å². The molecule has 1 saturated carbocycles. The van der Waals surface area contributed by atoms with Crippen LogP contribution in [0.5, 0.6) is 0 Å². The number of H-pyrrole nitrogens is 1. The topological polar surface area (TPSA) is 70.2 Å². The summed E-state index contributed by atoms with van der Waals surface area (Å²) in [5.41, 5.74) is 5.12. The number of amides is 1. The molecular formula is C26H28N4O2S. The van der Waals surface area contributed by atoms with Crippen molar-refractivity contribution in [2.24, 2.45) is 5.92 Å². The Balaban J connectivity index is 1.29. The molecule has 170 valence electrons. The largest absolute Gasteiger partial charge is 0.379 e. The second kappa shape index (κ2) is 8.15. The molecule has 4 aromatic rings. The van der Waals surface area contributed by atoms with E-state index in [2.05, 4.69) is 46.5 Å². The zero-order chi connectivity index (χ0) is 22.5. The van der Waals surface area contributed by atoms with Crippen molar-refractivity contribution in [3.05, 3.63) is 53.2 Å². The van der Waals surface area contributed by atoms with E-state index in [4.69, 9.17) is 4.74 Å². The minimum atomic E-state index is 0.110. The molecule has 1 aliphatic heterocycles. The maximum Gasteiger partial charge on any atom is 0.264 e. The molecule has 6 nitrogen and oxygen atoms in total. The monoisotopic (exact) mass is 460 g/mol. The molecule has 7 heteroatoms. The number of anilines is 2. The number of ether oxygens (including phenoxy) is 1. The van der Waals surface area contributed by atoms with Crippen LogP contribution < -0.4 is 5.32 Å². The average Bonchev–Trinajstić information content (AvgIpc) is 3.21. The first-order valence-corrected chi connectivity index (χ1v) is 12.5. The normalized spacial score (nSPS) is 19.5. The minimum Gasteiger partial charge on any atom is -0.379 e. The molecule has 0 bridgehead atoms. The molecule has 1 amide bonds. The molecule has 2 atom stereocenters.